The summed E-state index contributed by atoms with van der Waals surface area (Å²) in [7, 11) is 0. The minimum Gasteiger partial charge on any atom is -0.338 e. The first-order valence-electron chi connectivity index (χ1n) is 5.86. The Kier molecular flexibility index (Phi) is 2.83. The lowest BCUT2D eigenvalue weighted by Crippen LogP contribution is -2.13. The minimum atomic E-state index is 0.244. The minimum absolute atomic E-state index is 0.244. The standard InChI is InChI=1S/C12H14N4O/c1-2-10(14-5-1)12-15-11(16-17-12)8-9-3-6-13-7-4-9/h3-4,6-7,10,14H,1-2,5,8H2/t10-/m0/s1. The summed E-state index contributed by atoms with van der Waals surface area (Å²) >= 11 is 0. The highest BCUT2D eigenvalue weighted by Gasteiger charge is 2.22. The molecule has 0 unspecified atom stereocenters. The molecule has 0 amide bonds. The second-order valence-corrected chi connectivity index (χ2v) is 4.23. The van der Waals surface area contributed by atoms with Crippen molar-refractivity contribution < 1.29 is 4.52 Å². The summed E-state index contributed by atoms with van der Waals surface area (Å²) < 4.78 is 5.28. The van der Waals surface area contributed by atoms with Crippen LogP contribution in [-0.2, 0) is 6.42 Å². The van der Waals surface area contributed by atoms with E-state index in [0.29, 0.717) is 12.3 Å². The van der Waals surface area contributed by atoms with Crippen molar-refractivity contribution in [2.45, 2.75) is 25.3 Å². The molecule has 0 spiro atoms. The molecular weight excluding hydrogens is 216 g/mol. The van der Waals surface area contributed by atoms with Gasteiger partial charge in [-0.3, -0.25) is 4.98 Å². The molecule has 1 aliphatic rings. The molecule has 0 saturated carbocycles. The van der Waals surface area contributed by atoms with Crippen LogP contribution in [0.2, 0.25) is 0 Å². The van der Waals surface area contributed by atoms with Crippen LogP contribution in [0.25, 0.3) is 0 Å². The second kappa shape index (κ2) is 4.63. The third-order valence-corrected chi connectivity index (χ3v) is 2.95. The highest BCUT2D eigenvalue weighted by atomic mass is 16.5. The van der Waals surface area contributed by atoms with Gasteiger partial charge in [-0.1, -0.05) is 5.16 Å². The van der Waals surface area contributed by atoms with E-state index in [9.17, 15) is 0 Å². The van der Waals surface area contributed by atoms with Crippen molar-refractivity contribution in [3.05, 3.63) is 41.8 Å². The normalized spacial score (nSPS) is 19.6. The lowest BCUT2D eigenvalue weighted by Gasteiger charge is -2.01. The Hall–Kier alpha value is -1.75. The van der Waals surface area contributed by atoms with Gasteiger partial charge in [0.2, 0.25) is 5.89 Å². The highest BCUT2D eigenvalue weighted by molar-refractivity contribution is 5.15. The van der Waals surface area contributed by atoms with Crippen molar-refractivity contribution >= 4 is 0 Å². The van der Waals surface area contributed by atoms with E-state index in [1.807, 2.05) is 12.1 Å². The van der Waals surface area contributed by atoms with Crippen molar-refractivity contribution in [1.82, 2.24) is 20.4 Å². The smallest absolute Gasteiger partial charge is 0.243 e. The first kappa shape index (κ1) is 10.4. The van der Waals surface area contributed by atoms with E-state index < -0.39 is 0 Å². The Morgan fingerprint density at radius 1 is 1.35 bits per heavy atom. The molecule has 2 aromatic rings. The molecule has 0 aromatic carbocycles. The van der Waals surface area contributed by atoms with Gasteiger partial charge in [-0.15, -0.1) is 0 Å². The predicted octanol–water partition coefficient (Wildman–Crippen LogP) is 1.48. The maximum atomic E-state index is 5.28. The summed E-state index contributed by atoms with van der Waals surface area (Å²) in [6.07, 6.45) is 6.49. The molecule has 1 fully saturated rings. The SMILES string of the molecule is c1cc(Cc2noc([C@@H]3CCCN3)n2)ccn1. The number of hydrogen-bond acceptors (Lipinski definition) is 5. The molecule has 1 N–H and O–H groups in total. The van der Waals surface area contributed by atoms with Gasteiger partial charge in [0.25, 0.3) is 0 Å². The third-order valence-electron chi connectivity index (χ3n) is 2.95. The average molecular weight is 230 g/mol. The zero-order chi connectivity index (χ0) is 11.5. The van der Waals surface area contributed by atoms with Gasteiger partial charge in [0.05, 0.1) is 6.04 Å². The van der Waals surface area contributed by atoms with Gasteiger partial charge < -0.3 is 9.84 Å². The quantitative estimate of drug-likeness (QED) is 0.865. The molecule has 1 aliphatic heterocycles. The molecular formula is C12H14N4O. The molecule has 3 rings (SSSR count). The van der Waals surface area contributed by atoms with Crippen LogP contribution in [0.15, 0.2) is 29.0 Å². The summed E-state index contributed by atoms with van der Waals surface area (Å²) in [6, 6.07) is 4.17. The largest absolute Gasteiger partial charge is 0.338 e. The lowest BCUT2D eigenvalue weighted by molar-refractivity contribution is 0.341. The van der Waals surface area contributed by atoms with Crippen molar-refractivity contribution in [1.29, 1.82) is 0 Å². The molecule has 17 heavy (non-hydrogen) atoms. The number of nitrogens with zero attached hydrogens (tertiary/aromatic N) is 3. The second-order valence-electron chi connectivity index (χ2n) is 4.23. The molecule has 88 valence electrons. The van der Waals surface area contributed by atoms with Crippen LogP contribution < -0.4 is 5.32 Å². The van der Waals surface area contributed by atoms with Crippen LogP contribution in [-0.4, -0.2) is 21.7 Å². The van der Waals surface area contributed by atoms with Crippen molar-refractivity contribution in [2.75, 3.05) is 6.54 Å². The van der Waals surface area contributed by atoms with Crippen molar-refractivity contribution in [3.63, 3.8) is 0 Å². The number of hydrogen-bond donors (Lipinski definition) is 1. The van der Waals surface area contributed by atoms with Gasteiger partial charge >= 0.3 is 0 Å². The number of rotatable bonds is 3. The van der Waals surface area contributed by atoms with Gasteiger partial charge in [0, 0.05) is 18.8 Å². The Bertz CT molecular complexity index is 476. The van der Waals surface area contributed by atoms with Crippen LogP contribution in [0.1, 0.15) is 36.2 Å². The maximum Gasteiger partial charge on any atom is 0.243 e. The van der Waals surface area contributed by atoms with Crippen LogP contribution in [0, 0.1) is 0 Å². The molecule has 1 saturated heterocycles. The fourth-order valence-electron chi connectivity index (χ4n) is 2.06. The molecule has 5 heteroatoms. The number of pyridine rings is 1. The Morgan fingerprint density at radius 3 is 3.00 bits per heavy atom. The molecule has 0 radical (unpaired) electrons. The summed E-state index contributed by atoms with van der Waals surface area (Å²) in [4.78, 5) is 8.41. The van der Waals surface area contributed by atoms with Crippen molar-refractivity contribution in [2.24, 2.45) is 0 Å². The molecule has 5 nitrogen and oxygen atoms in total. The van der Waals surface area contributed by atoms with Crippen LogP contribution in [0.5, 0.6) is 0 Å². The molecule has 1 atom stereocenters. The van der Waals surface area contributed by atoms with Crippen LogP contribution in [0.4, 0.5) is 0 Å². The molecule has 2 aromatic heterocycles. The van der Waals surface area contributed by atoms with E-state index in [-0.39, 0.29) is 6.04 Å². The van der Waals surface area contributed by atoms with Gasteiger partial charge in [0.15, 0.2) is 5.82 Å². The monoisotopic (exact) mass is 230 g/mol. The first-order chi connectivity index (χ1) is 8.42. The Labute approximate surface area is 99.3 Å². The Morgan fingerprint density at radius 2 is 2.24 bits per heavy atom. The highest BCUT2D eigenvalue weighted by Crippen LogP contribution is 2.21. The zero-order valence-electron chi connectivity index (χ0n) is 9.47. The fraction of sp³-hybridized carbons (Fsp3) is 0.417. The van der Waals surface area contributed by atoms with E-state index in [1.54, 1.807) is 12.4 Å². The van der Waals surface area contributed by atoms with Gasteiger partial charge in [0.1, 0.15) is 0 Å². The lowest BCUT2D eigenvalue weighted by atomic mass is 10.2. The van der Waals surface area contributed by atoms with E-state index in [0.717, 1.165) is 24.4 Å². The van der Waals surface area contributed by atoms with Crippen LogP contribution >= 0.6 is 0 Å². The van der Waals surface area contributed by atoms with E-state index >= 15 is 0 Å². The van der Waals surface area contributed by atoms with Crippen LogP contribution in [0.3, 0.4) is 0 Å². The summed E-state index contributed by atoms with van der Waals surface area (Å²) in [5.41, 5.74) is 1.15. The fourth-order valence-corrected chi connectivity index (χ4v) is 2.06. The van der Waals surface area contributed by atoms with E-state index in [2.05, 4.69) is 20.4 Å². The summed E-state index contributed by atoms with van der Waals surface area (Å²) in [6.45, 7) is 1.03. The molecule has 0 aliphatic carbocycles. The van der Waals surface area contributed by atoms with E-state index in [1.165, 1.54) is 6.42 Å². The van der Waals surface area contributed by atoms with Gasteiger partial charge in [-0.2, -0.15) is 4.98 Å². The number of nitrogens with one attached hydrogen (secondary N) is 1. The van der Waals surface area contributed by atoms with Crippen molar-refractivity contribution in [3.8, 4) is 0 Å². The maximum absolute atomic E-state index is 5.28. The third kappa shape index (κ3) is 2.34. The molecule has 0 bridgehead atoms. The topological polar surface area (TPSA) is 63.8 Å². The summed E-state index contributed by atoms with van der Waals surface area (Å²) in [5, 5.41) is 7.35. The van der Waals surface area contributed by atoms with E-state index in [4.69, 9.17) is 4.52 Å². The summed E-state index contributed by atoms with van der Waals surface area (Å²) in [5.74, 6) is 1.45. The zero-order valence-corrected chi connectivity index (χ0v) is 9.47. The first-order valence-corrected chi connectivity index (χ1v) is 5.86. The Balaban J connectivity index is 1.72. The predicted molar refractivity (Wildman–Crippen MR) is 61.3 cm³/mol. The average Bonchev–Trinajstić information content (AvgIpc) is 3.00. The van der Waals surface area contributed by atoms with Gasteiger partial charge in [-0.05, 0) is 37.1 Å². The van der Waals surface area contributed by atoms with Gasteiger partial charge in [-0.25, -0.2) is 0 Å². The molecule has 3 heterocycles. The number of aromatic nitrogens is 3.